The first-order valence-electron chi connectivity index (χ1n) is 4.54. The Morgan fingerprint density at radius 1 is 1.43 bits per heavy atom. The monoisotopic (exact) mass is 216 g/mol. The van der Waals surface area contributed by atoms with Crippen molar-refractivity contribution in [1.29, 1.82) is 0 Å². The van der Waals surface area contributed by atoms with Gasteiger partial charge in [-0.2, -0.15) is 0 Å². The van der Waals surface area contributed by atoms with Crippen LogP contribution in [0.25, 0.3) is 0 Å². The first-order chi connectivity index (χ1) is 6.51. The second kappa shape index (κ2) is 6.72. The maximum atomic E-state index is 11.2. The first-order valence-corrected chi connectivity index (χ1v) is 5.11. The average Bonchev–Trinajstić information content (AvgIpc) is 2.14. The molecule has 0 saturated heterocycles. The van der Waals surface area contributed by atoms with E-state index in [4.69, 9.17) is 4.74 Å². The van der Waals surface area contributed by atoms with Gasteiger partial charge in [0.2, 0.25) is 0 Å². The standard InChI is InChI=1S/C10H17O3P/c1-4-9(11)5-8(6-10(12)14)7(2)13-3/h8H,2,4-6,14H2,1,3H3. The lowest BCUT2D eigenvalue weighted by atomic mass is 9.97. The van der Waals surface area contributed by atoms with Crippen molar-refractivity contribution in [3.63, 3.8) is 0 Å². The second-order valence-electron chi connectivity index (χ2n) is 3.13. The number of hydrogen-bond donors (Lipinski definition) is 0. The summed E-state index contributed by atoms with van der Waals surface area (Å²) >= 11 is 0. The van der Waals surface area contributed by atoms with Crippen molar-refractivity contribution in [3.8, 4) is 0 Å². The van der Waals surface area contributed by atoms with Crippen molar-refractivity contribution in [2.24, 2.45) is 5.92 Å². The van der Waals surface area contributed by atoms with Gasteiger partial charge in [0.05, 0.1) is 12.9 Å². The third kappa shape index (κ3) is 5.13. The SMILES string of the molecule is C=C(OC)C(CC(=O)P)CC(=O)CC. The molecule has 14 heavy (non-hydrogen) atoms. The summed E-state index contributed by atoms with van der Waals surface area (Å²) in [6.07, 6.45) is 1.12. The molecule has 0 aliphatic rings. The van der Waals surface area contributed by atoms with Crippen molar-refractivity contribution in [3.05, 3.63) is 12.3 Å². The van der Waals surface area contributed by atoms with Crippen LogP contribution in [0.15, 0.2) is 12.3 Å². The van der Waals surface area contributed by atoms with Crippen LogP contribution in [0.4, 0.5) is 0 Å². The number of methoxy groups -OCH3 is 1. The molecular formula is C10H17O3P. The summed E-state index contributed by atoms with van der Waals surface area (Å²) in [5.74, 6) is 0.444. The number of hydrogen-bond acceptors (Lipinski definition) is 3. The average molecular weight is 216 g/mol. The molecule has 0 radical (unpaired) electrons. The first kappa shape index (κ1) is 13.3. The van der Waals surface area contributed by atoms with E-state index in [1.807, 2.05) is 0 Å². The van der Waals surface area contributed by atoms with Crippen LogP contribution >= 0.6 is 9.24 Å². The molecule has 0 heterocycles. The van der Waals surface area contributed by atoms with E-state index in [-0.39, 0.29) is 17.2 Å². The zero-order valence-corrected chi connectivity index (χ0v) is 9.86. The van der Waals surface area contributed by atoms with Gasteiger partial charge in [0, 0.05) is 25.2 Å². The van der Waals surface area contributed by atoms with Crippen LogP contribution in [0.5, 0.6) is 0 Å². The molecule has 0 aromatic rings. The second-order valence-corrected chi connectivity index (χ2v) is 3.78. The Morgan fingerprint density at radius 3 is 2.36 bits per heavy atom. The van der Waals surface area contributed by atoms with E-state index in [0.29, 0.717) is 25.0 Å². The van der Waals surface area contributed by atoms with Crippen LogP contribution in [-0.2, 0) is 14.3 Å². The fraction of sp³-hybridized carbons (Fsp3) is 0.600. The fourth-order valence-corrected chi connectivity index (χ4v) is 1.41. The van der Waals surface area contributed by atoms with Crippen LogP contribution in [0.3, 0.4) is 0 Å². The molecule has 0 rings (SSSR count). The van der Waals surface area contributed by atoms with Gasteiger partial charge in [-0.15, -0.1) is 0 Å². The Bertz CT molecular complexity index is 236. The normalized spacial score (nSPS) is 11.9. The van der Waals surface area contributed by atoms with E-state index in [1.54, 1.807) is 6.92 Å². The summed E-state index contributed by atoms with van der Waals surface area (Å²) in [6.45, 7) is 5.48. The molecule has 0 N–H and O–H groups in total. The molecule has 3 nitrogen and oxygen atoms in total. The number of allylic oxidation sites excluding steroid dienone is 1. The predicted octanol–water partition coefficient (Wildman–Crippen LogP) is 1.92. The molecule has 2 atom stereocenters. The quantitative estimate of drug-likeness (QED) is 0.482. The highest BCUT2D eigenvalue weighted by Crippen LogP contribution is 2.21. The van der Waals surface area contributed by atoms with Crippen molar-refractivity contribution in [2.75, 3.05) is 7.11 Å². The lowest BCUT2D eigenvalue weighted by Gasteiger charge is -2.15. The van der Waals surface area contributed by atoms with Gasteiger partial charge in [-0.05, 0) is 0 Å². The number of Topliss-reactive ketones (excluding diaryl/α,β-unsaturated/α-hetero) is 1. The Morgan fingerprint density at radius 2 is 2.00 bits per heavy atom. The minimum Gasteiger partial charge on any atom is -0.501 e. The number of ketones is 1. The summed E-state index contributed by atoms with van der Waals surface area (Å²) in [6, 6.07) is 0. The molecule has 0 spiro atoms. The molecule has 4 heteroatoms. The van der Waals surface area contributed by atoms with Crippen molar-refractivity contribution in [1.82, 2.24) is 0 Å². The Kier molecular flexibility index (Phi) is 6.39. The van der Waals surface area contributed by atoms with E-state index in [1.165, 1.54) is 7.11 Å². The van der Waals surface area contributed by atoms with Crippen LogP contribution in [0.2, 0.25) is 0 Å². The highest BCUT2D eigenvalue weighted by atomic mass is 31.0. The van der Waals surface area contributed by atoms with Crippen LogP contribution in [0, 0.1) is 5.92 Å². The van der Waals surface area contributed by atoms with Crippen molar-refractivity contribution >= 4 is 20.5 Å². The Hall–Kier alpha value is -0.690. The highest BCUT2D eigenvalue weighted by molar-refractivity contribution is 7.40. The smallest absolute Gasteiger partial charge is 0.149 e. The van der Waals surface area contributed by atoms with Crippen LogP contribution in [-0.4, -0.2) is 18.4 Å². The van der Waals surface area contributed by atoms with E-state index in [0.717, 1.165) is 0 Å². The van der Waals surface area contributed by atoms with E-state index in [9.17, 15) is 9.59 Å². The lowest BCUT2D eigenvalue weighted by Crippen LogP contribution is -2.13. The molecule has 0 aromatic carbocycles. The molecule has 2 unspecified atom stereocenters. The summed E-state index contributed by atoms with van der Waals surface area (Å²) < 4.78 is 4.95. The third-order valence-corrected chi connectivity index (χ3v) is 2.27. The van der Waals surface area contributed by atoms with Gasteiger partial charge < -0.3 is 4.74 Å². The van der Waals surface area contributed by atoms with E-state index < -0.39 is 0 Å². The van der Waals surface area contributed by atoms with Gasteiger partial charge in [-0.25, -0.2) is 0 Å². The molecule has 0 amide bonds. The van der Waals surface area contributed by atoms with Crippen LogP contribution < -0.4 is 0 Å². The predicted molar refractivity (Wildman–Crippen MR) is 58.9 cm³/mol. The maximum absolute atomic E-state index is 11.2. The van der Waals surface area contributed by atoms with Gasteiger partial charge in [-0.3, -0.25) is 9.59 Å². The number of rotatable bonds is 7. The summed E-state index contributed by atoms with van der Waals surface area (Å²) in [5.41, 5.74) is -0.0305. The summed E-state index contributed by atoms with van der Waals surface area (Å²) in [7, 11) is 3.60. The lowest BCUT2D eigenvalue weighted by molar-refractivity contribution is -0.120. The molecule has 0 aliphatic heterocycles. The number of ether oxygens (including phenoxy) is 1. The molecule has 0 aliphatic carbocycles. The van der Waals surface area contributed by atoms with E-state index in [2.05, 4.69) is 15.8 Å². The molecule has 0 aromatic heterocycles. The van der Waals surface area contributed by atoms with Gasteiger partial charge in [-0.1, -0.05) is 22.7 Å². The minimum absolute atomic E-state index is 0.0305. The molecule has 0 fully saturated rings. The Labute approximate surface area is 87.1 Å². The van der Waals surface area contributed by atoms with Gasteiger partial charge in [0.25, 0.3) is 0 Å². The topological polar surface area (TPSA) is 43.4 Å². The highest BCUT2D eigenvalue weighted by Gasteiger charge is 2.18. The molecular weight excluding hydrogens is 199 g/mol. The fourth-order valence-electron chi connectivity index (χ4n) is 1.13. The zero-order chi connectivity index (χ0) is 11.1. The zero-order valence-electron chi connectivity index (χ0n) is 8.71. The van der Waals surface area contributed by atoms with Gasteiger partial charge in [0.15, 0.2) is 0 Å². The number of carbonyl (C=O) groups excluding carboxylic acids is 2. The van der Waals surface area contributed by atoms with Crippen molar-refractivity contribution in [2.45, 2.75) is 26.2 Å². The third-order valence-electron chi connectivity index (χ3n) is 2.03. The molecule has 80 valence electrons. The van der Waals surface area contributed by atoms with Crippen LogP contribution in [0.1, 0.15) is 26.2 Å². The van der Waals surface area contributed by atoms with Crippen molar-refractivity contribution < 1.29 is 14.3 Å². The number of carbonyl (C=O) groups is 2. The van der Waals surface area contributed by atoms with Gasteiger partial charge in [0.1, 0.15) is 11.3 Å². The maximum Gasteiger partial charge on any atom is 0.149 e. The van der Waals surface area contributed by atoms with Gasteiger partial charge >= 0.3 is 0 Å². The summed E-state index contributed by atoms with van der Waals surface area (Å²) in [5, 5.41) is 0. The van der Waals surface area contributed by atoms with E-state index >= 15 is 0 Å². The molecule has 0 bridgehead atoms. The molecule has 0 saturated carbocycles. The Balaban J connectivity index is 4.31. The minimum atomic E-state index is -0.183. The largest absolute Gasteiger partial charge is 0.501 e. The summed E-state index contributed by atoms with van der Waals surface area (Å²) in [4.78, 5) is 22.1.